The molecular formula is C19H26N4O. The van der Waals surface area contributed by atoms with Crippen LogP contribution < -0.4 is 11.1 Å². The number of benzene rings is 1. The van der Waals surface area contributed by atoms with Gasteiger partial charge < -0.3 is 20.4 Å². The number of ether oxygens (including phenoxy) is 1. The van der Waals surface area contributed by atoms with Crippen LogP contribution in [0, 0.1) is 0 Å². The lowest BCUT2D eigenvalue weighted by molar-refractivity contribution is 0.189. The van der Waals surface area contributed by atoms with Gasteiger partial charge in [0.25, 0.3) is 0 Å². The normalized spacial score (nSPS) is 11.6. The number of fused-ring (bicyclic) bond motifs is 3. The molecule has 5 nitrogen and oxygen atoms in total. The fraction of sp³-hybridized carbons (Fsp3) is 0.421. The highest BCUT2D eigenvalue weighted by molar-refractivity contribution is 6.08. The van der Waals surface area contributed by atoms with E-state index in [1.807, 2.05) is 6.20 Å². The molecule has 1 aromatic carbocycles. The molecule has 3 rings (SSSR count). The zero-order valence-electron chi connectivity index (χ0n) is 14.3. The van der Waals surface area contributed by atoms with Gasteiger partial charge in [-0.2, -0.15) is 0 Å². The molecule has 0 fully saturated rings. The summed E-state index contributed by atoms with van der Waals surface area (Å²) in [6.45, 7) is 4.00. The molecule has 0 saturated carbocycles. The fourth-order valence-electron chi connectivity index (χ4n) is 3.22. The summed E-state index contributed by atoms with van der Waals surface area (Å²) in [6.07, 6.45) is 4.06. The smallest absolute Gasteiger partial charge is 0.0784 e. The second kappa shape index (κ2) is 8.24. The second-order valence-electron chi connectivity index (χ2n) is 5.99. The van der Waals surface area contributed by atoms with Gasteiger partial charge in [0.1, 0.15) is 0 Å². The van der Waals surface area contributed by atoms with E-state index >= 15 is 0 Å². The van der Waals surface area contributed by atoms with Crippen LogP contribution in [0.5, 0.6) is 0 Å². The molecule has 5 heteroatoms. The van der Waals surface area contributed by atoms with Gasteiger partial charge in [-0.15, -0.1) is 0 Å². The first-order valence-electron chi connectivity index (χ1n) is 8.61. The standard InChI is InChI=1S/C19H26N4O/c1-24-13-12-23-18-7-3-2-6-15(18)16-8-11-22-17(19(16)23)14-21-10-5-4-9-20/h2-3,6-8,11,21H,4-5,9-10,12-14,20H2,1H3. The molecule has 24 heavy (non-hydrogen) atoms. The molecule has 3 N–H and O–H groups in total. The quantitative estimate of drug-likeness (QED) is 0.593. The van der Waals surface area contributed by atoms with Gasteiger partial charge in [0, 0.05) is 42.7 Å². The van der Waals surface area contributed by atoms with Crippen molar-refractivity contribution < 1.29 is 4.74 Å². The maximum absolute atomic E-state index is 5.55. The third-order valence-corrected chi connectivity index (χ3v) is 4.37. The van der Waals surface area contributed by atoms with Crippen LogP contribution in [-0.2, 0) is 17.8 Å². The Morgan fingerprint density at radius 2 is 2.04 bits per heavy atom. The summed E-state index contributed by atoms with van der Waals surface area (Å²) in [5, 5.41) is 6.03. The monoisotopic (exact) mass is 326 g/mol. The summed E-state index contributed by atoms with van der Waals surface area (Å²) < 4.78 is 7.64. The van der Waals surface area contributed by atoms with Crippen molar-refractivity contribution in [2.24, 2.45) is 5.73 Å². The zero-order valence-corrected chi connectivity index (χ0v) is 14.3. The zero-order chi connectivity index (χ0) is 16.8. The van der Waals surface area contributed by atoms with E-state index in [1.54, 1.807) is 7.11 Å². The Bertz CT molecular complexity index is 797. The van der Waals surface area contributed by atoms with Crippen molar-refractivity contribution in [3.63, 3.8) is 0 Å². The number of nitrogens with zero attached hydrogens (tertiary/aromatic N) is 2. The lowest BCUT2D eigenvalue weighted by atomic mass is 10.1. The maximum atomic E-state index is 5.55. The number of rotatable bonds is 9. The Morgan fingerprint density at radius 3 is 2.88 bits per heavy atom. The number of aromatic nitrogens is 2. The van der Waals surface area contributed by atoms with E-state index in [9.17, 15) is 0 Å². The molecular weight excluding hydrogens is 300 g/mol. The van der Waals surface area contributed by atoms with Crippen LogP contribution in [0.1, 0.15) is 18.5 Å². The summed E-state index contributed by atoms with van der Waals surface area (Å²) in [5.41, 5.74) is 9.09. The average Bonchev–Trinajstić information content (AvgIpc) is 2.94. The van der Waals surface area contributed by atoms with Crippen molar-refractivity contribution in [3.05, 3.63) is 42.2 Å². The summed E-state index contributed by atoms with van der Waals surface area (Å²) in [4.78, 5) is 4.64. The molecule has 0 atom stereocenters. The van der Waals surface area contributed by atoms with Gasteiger partial charge in [-0.05, 0) is 38.1 Å². The number of hydrogen-bond acceptors (Lipinski definition) is 4. The molecule has 128 valence electrons. The van der Waals surface area contributed by atoms with Gasteiger partial charge in [-0.3, -0.25) is 4.98 Å². The molecule has 2 aromatic heterocycles. The second-order valence-corrected chi connectivity index (χ2v) is 5.99. The minimum atomic E-state index is 0.687. The molecule has 0 amide bonds. The highest BCUT2D eigenvalue weighted by atomic mass is 16.5. The molecule has 0 spiro atoms. The number of pyridine rings is 1. The summed E-state index contributed by atoms with van der Waals surface area (Å²) in [6, 6.07) is 10.6. The number of unbranched alkanes of at least 4 members (excludes halogenated alkanes) is 1. The van der Waals surface area contributed by atoms with E-state index in [0.717, 1.165) is 44.7 Å². The van der Waals surface area contributed by atoms with Gasteiger partial charge in [0.15, 0.2) is 0 Å². The molecule has 0 saturated heterocycles. The van der Waals surface area contributed by atoms with Crippen LogP contribution in [0.25, 0.3) is 21.8 Å². The Balaban J connectivity index is 1.97. The average molecular weight is 326 g/mol. The lowest BCUT2D eigenvalue weighted by Crippen LogP contribution is -2.17. The van der Waals surface area contributed by atoms with Gasteiger partial charge in [0.05, 0.1) is 17.8 Å². The van der Waals surface area contributed by atoms with Gasteiger partial charge >= 0.3 is 0 Å². The van der Waals surface area contributed by atoms with Crippen molar-refractivity contribution in [2.45, 2.75) is 25.9 Å². The van der Waals surface area contributed by atoms with Crippen molar-refractivity contribution in [2.75, 3.05) is 26.8 Å². The van der Waals surface area contributed by atoms with Crippen LogP contribution >= 0.6 is 0 Å². The van der Waals surface area contributed by atoms with Crippen LogP contribution in [-0.4, -0.2) is 36.4 Å². The van der Waals surface area contributed by atoms with Crippen LogP contribution in [0.2, 0.25) is 0 Å². The van der Waals surface area contributed by atoms with E-state index in [-0.39, 0.29) is 0 Å². The first-order chi connectivity index (χ1) is 11.9. The fourth-order valence-corrected chi connectivity index (χ4v) is 3.22. The number of para-hydroxylation sites is 1. The lowest BCUT2D eigenvalue weighted by Gasteiger charge is -2.10. The molecule has 0 aliphatic rings. The Morgan fingerprint density at radius 1 is 1.17 bits per heavy atom. The van der Waals surface area contributed by atoms with E-state index in [1.165, 1.54) is 21.8 Å². The van der Waals surface area contributed by atoms with E-state index < -0.39 is 0 Å². The van der Waals surface area contributed by atoms with E-state index in [2.05, 4.69) is 45.2 Å². The number of nitrogens with one attached hydrogen (secondary N) is 1. The Hall–Kier alpha value is -1.95. The summed E-state index contributed by atoms with van der Waals surface area (Å²) in [7, 11) is 1.74. The molecule has 0 unspecified atom stereocenters. The predicted octanol–water partition coefficient (Wildman–Crippen LogP) is 2.66. The largest absolute Gasteiger partial charge is 0.383 e. The molecule has 3 aromatic rings. The van der Waals surface area contributed by atoms with Crippen LogP contribution in [0.4, 0.5) is 0 Å². The van der Waals surface area contributed by atoms with E-state index in [0.29, 0.717) is 6.61 Å². The maximum Gasteiger partial charge on any atom is 0.0784 e. The molecule has 0 aliphatic heterocycles. The Kier molecular flexibility index (Phi) is 5.80. The molecule has 0 bridgehead atoms. The SMILES string of the molecule is COCCn1c2ccccc2c2ccnc(CNCCCCN)c21. The third-order valence-electron chi connectivity index (χ3n) is 4.37. The Labute approximate surface area is 142 Å². The first kappa shape index (κ1) is 16.9. The minimum absolute atomic E-state index is 0.687. The number of nitrogens with two attached hydrogens (primary N) is 1. The van der Waals surface area contributed by atoms with Crippen molar-refractivity contribution in [1.82, 2.24) is 14.9 Å². The first-order valence-corrected chi connectivity index (χ1v) is 8.61. The topological polar surface area (TPSA) is 65.1 Å². The molecule has 2 heterocycles. The van der Waals surface area contributed by atoms with Crippen molar-refractivity contribution in [1.29, 1.82) is 0 Å². The van der Waals surface area contributed by atoms with E-state index in [4.69, 9.17) is 10.5 Å². The summed E-state index contributed by atoms with van der Waals surface area (Å²) >= 11 is 0. The number of hydrogen-bond donors (Lipinski definition) is 2. The van der Waals surface area contributed by atoms with Crippen LogP contribution in [0.3, 0.4) is 0 Å². The molecule has 0 radical (unpaired) electrons. The highest BCUT2D eigenvalue weighted by Crippen LogP contribution is 2.30. The van der Waals surface area contributed by atoms with Gasteiger partial charge in [0.2, 0.25) is 0 Å². The predicted molar refractivity (Wildman–Crippen MR) is 99.1 cm³/mol. The van der Waals surface area contributed by atoms with Crippen molar-refractivity contribution >= 4 is 21.8 Å². The van der Waals surface area contributed by atoms with Gasteiger partial charge in [-0.25, -0.2) is 0 Å². The highest BCUT2D eigenvalue weighted by Gasteiger charge is 2.14. The molecule has 0 aliphatic carbocycles. The minimum Gasteiger partial charge on any atom is -0.383 e. The van der Waals surface area contributed by atoms with Gasteiger partial charge in [-0.1, -0.05) is 18.2 Å². The summed E-state index contributed by atoms with van der Waals surface area (Å²) in [5.74, 6) is 0. The van der Waals surface area contributed by atoms with Crippen LogP contribution in [0.15, 0.2) is 36.5 Å². The third kappa shape index (κ3) is 3.43. The van der Waals surface area contributed by atoms with Crippen molar-refractivity contribution in [3.8, 4) is 0 Å². The number of methoxy groups -OCH3 is 1.